The number of pyridine rings is 1. The molecule has 1 aliphatic rings. The first-order valence-electron chi connectivity index (χ1n) is 8.32. The van der Waals surface area contributed by atoms with E-state index in [1.807, 2.05) is 12.4 Å². The van der Waals surface area contributed by atoms with Crippen molar-refractivity contribution in [3.8, 4) is 6.07 Å². The van der Waals surface area contributed by atoms with E-state index in [-0.39, 0.29) is 12.4 Å². The molecule has 0 fully saturated rings. The fourth-order valence-corrected chi connectivity index (χ4v) is 3.77. The second-order valence-corrected chi connectivity index (χ2v) is 6.45. The van der Waals surface area contributed by atoms with Gasteiger partial charge in [-0.2, -0.15) is 5.26 Å². The minimum atomic E-state index is 0. The molecule has 0 N–H and O–H groups in total. The maximum atomic E-state index is 9.24. The molecule has 0 spiro atoms. The zero-order valence-electron chi connectivity index (χ0n) is 14.5. The van der Waals surface area contributed by atoms with Gasteiger partial charge < -0.3 is 9.47 Å². The van der Waals surface area contributed by atoms with Crippen molar-refractivity contribution in [3.63, 3.8) is 0 Å². The smallest absolute Gasteiger partial charge is 0.110 e. The molecule has 128 valence electrons. The van der Waals surface area contributed by atoms with Crippen molar-refractivity contribution < 1.29 is 0 Å². The van der Waals surface area contributed by atoms with Crippen LogP contribution in [0.4, 0.5) is 5.69 Å². The Bertz CT molecular complexity index is 968. The molecule has 0 unspecified atom stereocenters. The summed E-state index contributed by atoms with van der Waals surface area (Å²) in [6.45, 7) is 6.45. The molecule has 0 bridgehead atoms. The Labute approximate surface area is 154 Å². The summed E-state index contributed by atoms with van der Waals surface area (Å²) < 4.78 is 2.13. The molecule has 0 amide bonds. The summed E-state index contributed by atoms with van der Waals surface area (Å²) in [6, 6.07) is 10.9. The minimum Gasteiger partial charge on any atom is -0.364 e. The molecule has 0 saturated carbocycles. The number of anilines is 1. The van der Waals surface area contributed by atoms with Gasteiger partial charge >= 0.3 is 0 Å². The SMILES string of the molecule is Cc1c(C)n(CC#N)c2c(N3CCc4ccccc4C3)cncc12.Cl. The number of hydrogen-bond donors (Lipinski definition) is 0. The van der Waals surface area contributed by atoms with Crippen molar-refractivity contribution in [3.05, 3.63) is 59.0 Å². The maximum absolute atomic E-state index is 9.24. The Morgan fingerprint density at radius 3 is 2.68 bits per heavy atom. The third kappa shape index (κ3) is 2.75. The van der Waals surface area contributed by atoms with Gasteiger partial charge in [-0.1, -0.05) is 24.3 Å². The largest absolute Gasteiger partial charge is 0.364 e. The van der Waals surface area contributed by atoms with E-state index in [1.54, 1.807) is 0 Å². The van der Waals surface area contributed by atoms with E-state index < -0.39 is 0 Å². The minimum absolute atomic E-state index is 0. The number of fused-ring (bicyclic) bond motifs is 2. The van der Waals surface area contributed by atoms with E-state index in [1.165, 1.54) is 16.7 Å². The highest BCUT2D eigenvalue weighted by Crippen LogP contribution is 2.34. The van der Waals surface area contributed by atoms with Crippen LogP contribution in [0, 0.1) is 25.2 Å². The fourth-order valence-electron chi connectivity index (χ4n) is 3.77. The molecular formula is C20H21ClN4. The number of benzene rings is 1. The Morgan fingerprint density at radius 1 is 1.16 bits per heavy atom. The Balaban J connectivity index is 0.00000182. The molecule has 3 heterocycles. The van der Waals surface area contributed by atoms with Gasteiger partial charge in [0.05, 0.1) is 23.5 Å². The standard InChI is InChI=1S/C20H20N4.ClH/c1-14-15(2)24(10-8-21)20-18(14)11-22-12-19(20)23-9-7-16-5-3-4-6-17(16)13-23;/h3-6,11-12H,7,9-10,13H2,1-2H3;1H. The van der Waals surface area contributed by atoms with Crippen LogP contribution in [0.1, 0.15) is 22.4 Å². The number of hydrogen-bond acceptors (Lipinski definition) is 3. The highest BCUT2D eigenvalue weighted by Gasteiger charge is 2.21. The lowest BCUT2D eigenvalue weighted by Gasteiger charge is -2.31. The molecule has 0 radical (unpaired) electrons. The third-order valence-electron chi connectivity index (χ3n) is 5.22. The third-order valence-corrected chi connectivity index (χ3v) is 5.22. The van der Waals surface area contributed by atoms with Crippen LogP contribution in [0.15, 0.2) is 36.7 Å². The van der Waals surface area contributed by atoms with Gasteiger partial charge in [-0.3, -0.25) is 4.98 Å². The van der Waals surface area contributed by atoms with Crippen LogP contribution in [0.3, 0.4) is 0 Å². The summed E-state index contributed by atoms with van der Waals surface area (Å²) in [5.41, 5.74) is 7.46. The summed E-state index contributed by atoms with van der Waals surface area (Å²) in [4.78, 5) is 6.87. The van der Waals surface area contributed by atoms with Crippen molar-refractivity contribution in [1.82, 2.24) is 9.55 Å². The molecule has 1 aliphatic heterocycles. The van der Waals surface area contributed by atoms with Crippen LogP contribution in [-0.4, -0.2) is 16.1 Å². The zero-order chi connectivity index (χ0) is 16.7. The first-order chi connectivity index (χ1) is 11.7. The Kier molecular flexibility index (Phi) is 4.69. The number of halogens is 1. The number of nitrogens with zero attached hydrogens (tertiary/aromatic N) is 4. The molecule has 3 aromatic rings. The van der Waals surface area contributed by atoms with E-state index in [4.69, 9.17) is 0 Å². The molecule has 25 heavy (non-hydrogen) atoms. The van der Waals surface area contributed by atoms with Gasteiger partial charge in [0.25, 0.3) is 0 Å². The van der Waals surface area contributed by atoms with Gasteiger partial charge in [0.1, 0.15) is 6.54 Å². The van der Waals surface area contributed by atoms with Crippen molar-refractivity contribution in [1.29, 1.82) is 5.26 Å². The van der Waals surface area contributed by atoms with Crippen LogP contribution >= 0.6 is 12.4 Å². The highest BCUT2D eigenvalue weighted by molar-refractivity contribution is 5.94. The predicted molar refractivity (Wildman–Crippen MR) is 103 cm³/mol. The molecule has 2 aromatic heterocycles. The summed E-state index contributed by atoms with van der Waals surface area (Å²) in [5.74, 6) is 0. The average Bonchev–Trinajstić information content (AvgIpc) is 2.87. The van der Waals surface area contributed by atoms with E-state index in [2.05, 4.69) is 58.6 Å². The van der Waals surface area contributed by atoms with Crippen LogP contribution in [0.5, 0.6) is 0 Å². The zero-order valence-corrected chi connectivity index (χ0v) is 15.3. The Hall–Kier alpha value is -2.51. The summed E-state index contributed by atoms with van der Waals surface area (Å²) in [5, 5.41) is 10.4. The number of aromatic nitrogens is 2. The molecule has 0 atom stereocenters. The highest BCUT2D eigenvalue weighted by atomic mass is 35.5. The molecule has 4 rings (SSSR count). The van der Waals surface area contributed by atoms with Crippen LogP contribution < -0.4 is 4.90 Å². The van der Waals surface area contributed by atoms with Gasteiger partial charge in [0.2, 0.25) is 0 Å². The maximum Gasteiger partial charge on any atom is 0.110 e. The second-order valence-electron chi connectivity index (χ2n) is 6.45. The first kappa shape index (κ1) is 17.3. The lowest BCUT2D eigenvalue weighted by atomic mass is 9.99. The van der Waals surface area contributed by atoms with E-state index in [0.717, 1.165) is 41.8 Å². The number of nitriles is 1. The van der Waals surface area contributed by atoms with Gasteiger partial charge in [-0.05, 0) is 37.0 Å². The molecule has 0 saturated heterocycles. The predicted octanol–water partition coefficient (Wildman–Crippen LogP) is 4.16. The van der Waals surface area contributed by atoms with Crippen molar-refractivity contribution in [2.75, 3.05) is 11.4 Å². The summed E-state index contributed by atoms with van der Waals surface area (Å²) >= 11 is 0. The van der Waals surface area contributed by atoms with E-state index in [9.17, 15) is 5.26 Å². The lowest BCUT2D eigenvalue weighted by molar-refractivity contribution is 0.728. The van der Waals surface area contributed by atoms with Gasteiger partial charge in [-0.25, -0.2) is 0 Å². The number of rotatable bonds is 2. The number of aryl methyl sites for hydroxylation is 1. The molecule has 0 aliphatic carbocycles. The van der Waals surface area contributed by atoms with E-state index >= 15 is 0 Å². The van der Waals surface area contributed by atoms with Crippen LogP contribution in [0.2, 0.25) is 0 Å². The average molecular weight is 353 g/mol. The summed E-state index contributed by atoms with van der Waals surface area (Å²) in [6.07, 6.45) is 4.92. The molecular weight excluding hydrogens is 332 g/mol. The topological polar surface area (TPSA) is 44.9 Å². The normalized spacial score (nSPS) is 13.2. The van der Waals surface area contributed by atoms with Gasteiger partial charge in [0.15, 0.2) is 0 Å². The monoisotopic (exact) mass is 352 g/mol. The fraction of sp³-hybridized carbons (Fsp3) is 0.300. The van der Waals surface area contributed by atoms with Crippen LogP contribution in [-0.2, 0) is 19.5 Å². The molecule has 1 aromatic carbocycles. The molecule has 4 nitrogen and oxygen atoms in total. The van der Waals surface area contributed by atoms with Gasteiger partial charge in [0, 0.05) is 30.4 Å². The first-order valence-corrected chi connectivity index (χ1v) is 8.32. The second kappa shape index (κ2) is 6.78. The quantitative estimate of drug-likeness (QED) is 0.695. The van der Waals surface area contributed by atoms with Crippen molar-refractivity contribution in [2.24, 2.45) is 0 Å². The van der Waals surface area contributed by atoms with Crippen LogP contribution in [0.25, 0.3) is 10.9 Å². The van der Waals surface area contributed by atoms with Crippen molar-refractivity contribution in [2.45, 2.75) is 33.4 Å². The van der Waals surface area contributed by atoms with E-state index in [0.29, 0.717) is 6.54 Å². The summed E-state index contributed by atoms with van der Waals surface area (Å²) in [7, 11) is 0. The molecule has 5 heteroatoms. The Morgan fingerprint density at radius 2 is 1.92 bits per heavy atom. The lowest BCUT2D eigenvalue weighted by Crippen LogP contribution is -2.30. The van der Waals surface area contributed by atoms with Crippen molar-refractivity contribution >= 4 is 29.0 Å². The van der Waals surface area contributed by atoms with Gasteiger partial charge in [-0.15, -0.1) is 12.4 Å².